The number of aromatic amines is 1. The number of aldehydes is 1. The highest BCUT2D eigenvalue weighted by molar-refractivity contribution is 5.91. The number of hydrogen-bond donors (Lipinski definition) is 2. The second kappa shape index (κ2) is 5.35. The molecule has 0 aliphatic rings. The molecule has 0 saturated carbocycles. The number of fused-ring (bicyclic) bond motifs is 1. The maximum atomic E-state index is 10.3. The summed E-state index contributed by atoms with van der Waals surface area (Å²) in [6.07, 6.45) is 5.56. The largest absolute Gasteiger partial charge is 0.486 e. The second-order valence-corrected chi connectivity index (χ2v) is 3.99. The molecule has 100 valence electrons. The number of ether oxygens (including phenoxy) is 1. The van der Waals surface area contributed by atoms with Crippen LogP contribution >= 0.6 is 0 Å². The summed E-state index contributed by atoms with van der Waals surface area (Å²) in [6, 6.07) is 5.38. The lowest BCUT2D eigenvalue weighted by Gasteiger charge is -2.07. The second-order valence-electron chi connectivity index (χ2n) is 3.99. The molecule has 1 aromatic carbocycles. The number of rotatable bonds is 5. The van der Waals surface area contributed by atoms with Gasteiger partial charge in [0.05, 0.1) is 17.4 Å². The normalized spacial score (nSPS) is 10.4. The summed E-state index contributed by atoms with van der Waals surface area (Å²) < 4.78 is 5.25. The van der Waals surface area contributed by atoms with Gasteiger partial charge in [-0.25, -0.2) is 9.97 Å². The van der Waals surface area contributed by atoms with Crippen molar-refractivity contribution >= 4 is 28.7 Å². The van der Waals surface area contributed by atoms with E-state index >= 15 is 0 Å². The number of benzene rings is 1. The number of nitrogens with one attached hydrogen (secondary N) is 2. The molecule has 2 N–H and O–H groups in total. The Kier molecular flexibility index (Phi) is 3.24. The molecule has 0 atom stereocenters. The Morgan fingerprint density at radius 1 is 1.35 bits per heavy atom. The highest BCUT2D eigenvalue weighted by atomic mass is 16.5. The Morgan fingerprint density at radius 3 is 3.10 bits per heavy atom. The van der Waals surface area contributed by atoms with Crippen molar-refractivity contribution < 1.29 is 9.53 Å². The molecule has 3 aromatic rings. The Morgan fingerprint density at radius 2 is 2.30 bits per heavy atom. The zero-order chi connectivity index (χ0) is 13.8. The third-order valence-corrected chi connectivity index (χ3v) is 2.69. The van der Waals surface area contributed by atoms with E-state index in [2.05, 4.69) is 25.5 Å². The van der Waals surface area contributed by atoms with Crippen LogP contribution in [0, 0.1) is 0 Å². The van der Waals surface area contributed by atoms with Crippen molar-refractivity contribution in [3.05, 3.63) is 36.9 Å². The van der Waals surface area contributed by atoms with E-state index in [4.69, 9.17) is 4.74 Å². The van der Waals surface area contributed by atoms with Crippen LogP contribution in [0.1, 0.15) is 0 Å². The zero-order valence-electron chi connectivity index (χ0n) is 10.4. The number of aromatic nitrogens is 4. The average molecular weight is 269 g/mol. The monoisotopic (exact) mass is 269 g/mol. The van der Waals surface area contributed by atoms with Gasteiger partial charge in [0.1, 0.15) is 24.5 Å². The molecule has 0 radical (unpaired) electrons. The van der Waals surface area contributed by atoms with Crippen LogP contribution in [0.25, 0.3) is 10.9 Å². The molecule has 0 bridgehead atoms. The standard InChI is InChI=1S/C13H11N5O2/c19-3-4-20-10-1-2-11-12(5-10)14-8-15-13(11)18-9-6-16-17-7-9/h1-3,5-8H,4H2,(H,16,17)(H,14,15,18). The van der Waals surface area contributed by atoms with Crippen LogP contribution in [0.3, 0.4) is 0 Å². The molecule has 0 amide bonds. The quantitative estimate of drug-likeness (QED) is 0.684. The van der Waals surface area contributed by atoms with E-state index < -0.39 is 0 Å². The Labute approximate surface area is 114 Å². The van der Waals surface area contributed by atoms with Crippen LogP contribution in [-0.4, -0.2) is 33.1 Å². The Hall–Kier alpha value is -2.96. The van der Waals surface area contributed by atoms with Crippen molar-refractivity contribution in [1.82, 2.24) is 20.2 Å². The number of carbonyl (C=O) groups is 1. The highest BCUT2D eigenvalue weighted by Crippen LogP contribution is 2.25. The van der Waals surface area contributed by atoms with Crippen molar-refractivity contribution in [2.45, 2.75) is 0 Å². The summed E-state index contributed by atoms with van der Waals surface area (Å²) >= 11 is 0. The first-order valence-electron chi connectivity index (χ1n) is 5.94. The molecule has 7 nitrogen and oxygen atoms in total. The summed E-state index contributed by atoms with van der Waals surface area (Å²) in [5, 5.41) is 10.6. The van der Waals surface area contributed by atoms with Gasteiger partial charge < -0.3 is 10.1 Å². The molecular formula is C13H11N5O2. The third-order valence-electron chi connectivity index (χ3n) is 2.69. The van der Waals surface area contributed by atoms with Gasteiger partial charge in [-0.1, -0.05) is 0 Å². The van der Waals surface area contributed by atoms with Crippen molar-refractivity contribution in [3.63, 3.8) is 0 Å². The number of H-pyrrole nitrogens is 1. The molecule has 2 aromatic heterocycles. The third kappa shape index (κ3) is 2.41. The first kappa shape index (κ1) is 12.1. The summed E-state index contributed by atoms with van der Waals surface area (Å²) in [5.41, 5.74) is 1.54. The predicted molar refractivity (Wildman–Crippen MR) is 73.0 cm³/mol. The molecule has 0 unspecified atom stereocenters. The van der Waals surface area contributed by atoms with Crippen molar-refractivity contribution in [2.75, 3.05) is 11.9 Å². The topological polar surface area (TPSA) is 92.8 Å². The molecule has 20 heavy (non-hydrogen) atoms. The lowest BCUT2D eigenvalue weighted by Crippen LogP contribution is -1.99. The molecule has 7 heteroatoms. The fourth-order valence-electron chi connectivity index (χ4n) is 1.81. The van der Waals surface area contributed by atoms with Crippen LogP contribution in [0.4, 0.5) is 11.5 Å². The van der Waals surface area contributed by atoms with E-state index in [9.17, 15) is 4.79 Å². The van der Waals surface area contributed by atoms with Crippen molar-refractivity contribution in [2.24, 2.45) is 0 Å². The molecular weight excluding hydrogens is 258 g/mol. The van der Waals surface area contributed by atoms with Crippen LogP contribution in [0.5, 0.6) is 5.75 Å². The molecule has 0 spiro atoms. The smallest absolute Gasteiger partial charge is 0.157 e. The molecule has 0 aliphatic heterocycles. The first-order chi connectivity index (χ1) is 9.86. The van der Waals surface area contributed by atoms with Gasteiger partial charge in [0, 0.05) is 17.6 Å². The molecule has 0 fully saturated rings. The number of anilines is 2. The zero-order valence-corrected chi connectivity index (χ0v) is 10.4. The van der Waals surface area contributed by atoms with Crippen LogP contribution in [0.15, 0.2) is 36.9 Å². The number of nitrogens with zero attached hydrogens (tertiary/aromatic N) is 3. The van der Waals surface area contributed by atoms with Gasteiger partial charge in [-0.2, -0.15) is 5.10 Å². The van der Waals surface area contributed by atoms with E-state index in [0.29, 0.717) is 17.9 Å². The van der Waals surface area contributed by atoms with Crippen LogP contribution in [-0.2, 0) is 4.79 Å². The average Bonchev–Trinajstić information content (AvgIpc) is 2.98. The highest BCUT2D eigenvalue weighted by Gasteiger charge is 2.06. The lowest BCUT2D eigenvalue weighted by atomic mass is 10.2. The van der Waals surface area contributed by atoms with Crippen LogP contribution < -0.4 is 10.1 Å². The van der Waals surface area contributed by atoms with Gasteiger partial charge in [0.25, 0.3) is 0 Å². The van der Waals surface area contributed by atoms with Gasteiger partial charge in [-0.3, -0.25) is 9.89 Å². The maximum absolute atomic E-state index is 10.3. The Bertz CT molecular complexity index is 727. The van der Waals surface area contributed by atoms with Crippen molar-refractivity contribution in [3.8, 4) is 5.75 Å². The van der Waals surface area contributed by atoms with E-state index in [-0.39, 0.29) is 6.61 Å². The molecule has 3 rings (SSSR count). The van der Waals surface area contributed by atoms with Gasteiger partial charge in [-0.15, -0.1) is 0 Å². The minimum atomic E-state index is 0.0245. The summed E-state index contributed by atoms with van der Waals surface area (Å²) in [7, 11) is 0. The van der Waals surface area contributed by atoms with Crippen LogP contribution in [0.2, 0.25) is 0 Å². The number of hydrogen-bond acceptors (Lipinski definition) is 6. The summed E-state index contributed by atoms with van der Waals surface area (Å²) in [4.78, 5) is 18.7. The fourth-order valence-corrected chi connectivity index (χ4v) is 1.81. The fraction of sp³-hybridized carbons (Fsp3) is 0.0769. The van der Waals surface area contributed by atoms with Gasteiger partial charge in [0.2, 0.25) is 0 Å². The van der Waals surface area contributed by atoms with E-state index in [1.165, 1.54) is 6.33 Å². The SMILES string of the molecule is O=CCOc1ccc2c(Nc3cn[nH]c3)ncnc2c1. The van der Waals surface area contributed by atoms with E-state index in [1.54, 1.807) is 24.5 Å². The molecule has 2 heterocycles. The van der Waals surface area contributed by atoms with Gasteiger partial charge >= 0.3 is 0 Å². The summed E-state index contributed by atoms with van der Waals surface area (Å²) in [6.45, 7) is 0.0245. The predicted octanol–water partition coefficient (Wildman–Crippen LogP) is 1.67. The van der Waals surface area contributed by atoms with Gasteiger partial charge in [0.15, 0.2) is 6.29 Å². The van der Waals surface area contributed by atoms with E-state index in [1.807, 2.05) is 6.07 Å². The van der Waals surface area contributed by atoms with E-state index in [0.717, 1.165) is 16.6 Å². The minimum absolute atomic E-state index is 0.0245. The van der Waals surface area contributed by atoms with Crippen molar-refractivity contribution in [1.29, 1.82) is 0 Å². The first-order valence-corrected chi connectivity index (χ1v) is 5.94. The maximum Gasteiger partial charge on any atom is 0.157 e. The Balaban J connectivity index is 1.95. The number of carbonyl (C=O) groups excluding carboxylic acids is 1. The lowest BCUT2D eigenvalue weighted by molar-refractivity contribution is -0.109. The van der Waals surface area contributed by atoms with Gasteiger partial charge in [-0.05, 0) is 12.1 Å². The minimum Gasteiger partial charge on any atom is -0.486 e. The molecule has 0 saturated heterocycles. The summed E-state index contributed by atoms with van der Waals surface area (Å²) in [5.74, 6) is 1.27. The molecule has 0 aliphatic carbocycles.